The van der Waals surface area contributed by atoms with E-state index in [9.17, 15) is 0 Å². The van der Waals surface area contributed by atoms with Crippen molar-refractivity contribution in [2.75, 3.05) is 0 Å². The maximum absolute atomic E-state index is 4.09. The number of rotatable bonds is 2. The molecule has 0 aliphatic carbocycles. The average molecular weight is 199 g/mol. The SMILES string of the molecule is Cn1nnc(Sc2nccs2)n1. The van der Waals surface area contributed by atoms with E-state index >= 15 is 0 Å². The molecule has 62 valence electrons. The van der Waals surface area contributed by atoms with Gasteiger partial charge in [0.15, 0.2) is 4.34 Å². The highest BCUT2D eigenvalue weighted by Gasteiger charge is 2.04. The summed E-state index contributed by atoms with van der Waals surface area (Å²) in [4.78, 5) is 5.51. The molecule has 0 fully saturated rings. The monoisotopic (exact) mass is 199 g/mol. The van der Waals surface area contributed by atoms with Crippen LogP contribution in [0.1, 0.15) is 0 Å². The van der Waals surface area contributed by atoms with Gasteiger partial charge in [0.2, 0.25) is 5.16 Å². The Hall–Kier alpha value is -0.950. The molecule has 5 nitrogen and oxygen atoms in total. The first-order valence-electron chi connectivity index (χ1n) is 3.16. The molecule has 0 radical (unpaired) electrons. The molecule has 2 rings (SSSR count). The minimum Gasteiger partial charge on any atom is -0.238 e. The Morgan fingerprint density at radius 3 is 3.08 bits per heavy atom. The van der Waals surface area contributed by atoms with E-state index in [0.29, 0.717) is 5.16 Å². The van der Waals surface area contributed by atoms with Crippen LogP contribution in [0.25, 0.3) is 0 Å². The van der Waals surface area contributed by atoms with Gasteiger partial charge < -0.3 is 0 Å². The minimum absolute atomic E-state index is 0.632. The van der Waals surface area contributed by atoms with Crippen molar-refractivity contribution in [3.8, 4) is 0 Å². The minimum atomic E-state index is 0.632. The van der Waals surface area contributed by atoms with Gasteiger partial charge in [-0.3, -0.25) is 0 Å². The Bertz CT molecular complexity index is 354. The number of aryl methyl sites for hydroxylation is 1. The van der Waals surface area contributed by atoms with Crippen LogP contribution in [0.15, 0.2) is 21.1 Å². The Kier molecular flexibility index (Phi) is 2.05. The molecular formula is C5H5N5S2. The molecule has 0 amide bonds. The fourth-order valence-electron chi connectivity index (χ4n) is 0.646. The molecule has 0 aliphatic heterocycles. The van der Waals surface area contributed by atoms with Gasteiger partial charge in [-0.25, -0.2) is 4.98 Å². The summed E-state index contributed by atoms with van der Waals surface area (Å²) in [6.45, 7) is 0. The van der Waals surface area contributed by atoms with E-state index in [1.54, 1.807) is 24.6 Å². The van der Waals surface area contributed by atoms with Crippen molar-refractivity contribution in [2.24, 2.45) is 7.05 Å². The van der Waals surface area contributed by atoms with Crippen molar-refractivity contribution >= 4 is 23.1 Å². The third-order valence-corrected chi connectivity index (χ3v) is 2.81. The molecule has 2 aromatic heterocycles. The zero-order chi connectivity index (χ0) is 8.39. The molecule has 0 atom stereocenters. The summed E-state index contributed by atoms with van der Waals surface area (Å²) in [5.41, 5.74) is 0. The first-order chi connectivity index (χ1) is 5.84. The van der Waals surface area contributed by atoms with Crippen LogP contribution in [0.3, 0.4) is 0 Å². The highest BCUT2D eigenvalue weighted by Crippen LogP contribution is 2.24. The number of nitrogens with zero attached hydrogens (tertiary/aromatic N) is 5. The van der Waals surface area contributed by atoms with Gasteiger partial charge >= 0.3 is 0 Å². The zero-order valence-electron chi connectivity index (χ0n) is 6.21. The van der Waals surface area contributed by atoms with E-state index in [-0.39, 0.29) is 0 Å². The van der Waals surface area contributed by atoms with Crippen molar-refractivity contribution in [2.45, 2.75) is 9.50 Å². The summed E-state index contributed by atoms with van der Waals surface area (Å²) < 4.78 is 0.933. The second kappa shape index (κ2) is 3.20. The number of hydrogen-bond acceptors (Lipinski definition) is 6. The van der Waals surface area contributed by atoms with Crippen LogP contribution in [-0.4, -0.2) is 25.2 Å². The Morgan fingerprint density at radius 1 is 1.58 bits per heavy atom. The van der Waals surface area contributed by atoms with Crippen molar-refractivity contribution in [1.82, 2.24) is 25.2 Å². The molecule has 0 unspecified atom stereocenters. The van der Waals surface area contributed by atoms with Crippen molar-refractivity contribution < 1.29 is 0 Å². The largest absolute Gasteiger partial charge is 0.238 e. The Labute approximate surface area is 76.8 Å². The van der Waals surface area contributed by atoms with E-state index in [2.05, 4.69) is 20.4 Å². The van der Waals surface area contributed by atoms with Gasteiger partial charge in [0.25, 0.3) is 0 Å². The third-order valence-electron chi connectivity index (χ3n) is 1.08. The molecule has 0 saturated carbocycles. The molecule has 0 aromatic carbocycles. The van der Waals surface area contributed by atoms with Gasteiger partial charge in [-0.2, -0.15) is 4.80 Å². The van der Waals surface area contributed by atoms with Crippen LogP contribution in [0.2, 0.25) is 0 Å². The molecule has 0 spiro atoms. The van der Waals surface area contributed by atoms with Gasteiger partial charge in [-0.1, -0.05) is 0 Å². The van der Waals surface area contributed by atoms with Gasteiger partial charge in [0.05, 0.1) is 7.05 Å². The maximum Gasteiger partial charge on any atom is 0.238 e. The molecule has 7 heteroatoms. The fourth-order valence-corrected chi connectivity index (χ4v) is 2.10. The van der Waals surface area contributed by atoms with Gasteiger partial charge in [0, 0.05) is 11.6 Å². The van der Waals surface area contributed by atoms with Crippen molar-refractivity contribution in [1.29, 1.82) is 0 Å². The normalized spacial score (nSPS) is 10.4. The summed E-state index contributed by atoms with van der Waals surface area (Å²) in [6, 6.07) is 0. The van der Waals surface area contributed by atoms with Crippen LogP contribution in [0.5, 0.6) is 0 Å². The van der Waals surface area contributed by atoms with Crippen LogP contribution >= 0.6 is 23.1 Å². The number of tetrazole rings is 1. The molecule has 12 heavy (non-hydrogen) atoms. The number of aromatic nitrogens is 5. The zero-order valence-corrected chi connectivity index (χ0v) is 7.84. The van der Waals surface area contributed by atoms with E-state index in [1.165, 1.54) is 16.6 Å². The fraction of sp³-hybridized carbons (Fsp3) is 0.200. The van der Waals surface area contributed by atoms with E-state index < -0.39 is 0 Å². The predicted molar refractivity (Wildman–Crippen MR) is 45.0 cm³/mol. The summed E-state index contributed by atoms with van der Waals surface area (Å²) >= 11 is 2.98. The van der Waals surface area contributed by atoms with Gasteiger partial charge in [0.1, 0.15) is 0 Å². The summed E-state index contributed by atoms with van der Waals surface area (Å²) in [5.74, 6) is 0. The summed E-state index contributed by atoms with van der Waals surface area (Å²) in [7, 11) is 1.74. The van der Waals surface area contributed by atoms with E-state index in [4.69, 9.17) is 0 Å². The smallest absolute Gasteiger partial charge is 0.238 e. The second-order valence-electron chi connectivity index (χ2n) is 1.96. The lowest BCUT2D eigenvalue weighted by molar-refractivity contribution is 0.626. The number of hydrogen-bond donors (Lipinski definition) is 0. The molecule has 0 bridgehead atoms. The van der Waals surface area contributed by atoms with E-state index in [0.717, 1.165) is 4.34 Å². The lowest BCUT2D eigenvalue weighted by Gasteiger charge is -1.85. The Morgan fingerprint density at radius 2 is 2.50 bits per heavy atom. The first kappa shape index (κ1) is 7.69. The molecule has 2 aromatic rings. The predicted octanol–water partition coefficient (Wildman–Crippen LogP) is 0.818. The highest BCUT2D eigenvalue weighted by molar-refractivity contribution is 8.00. The lowest BCUT2D eigenvalue weighted by Crippen LogP contribution is -1.91. The van der Waals surface area contributed by atoms with Gasteiger partial charge in [-0.05, 0) is 17.0 Å². The van der Waals surface area contributed by atoms with Crippen LogP contribution in [0.4, 0.5) is 0 Å². The van der Waals surface area contributed by atoms with Crippen LogP contribution in [0, 0.1) is 0 Å². The van der Waals surface area contributed by atoms with Crippen LogP contribution in [-0.2, 0) is 7.05 Å². The molecule has 0 saturated heterocycles. The molecule has 0 N–H and O–H groups in total. The van der Waals surface area contributed by atoms with Gasteiger partial charge in [-0.15, -0.1) is 21.5 Å². The third kappa shape index (κ3) is 1.62. The molecule has 0 aliphatic rings. The first-order valence-corrected chi connectivity index (χ1v) is 4.85. The van der Waals surface area contributed by atoms with Crippen molar-refractivity contribution in [3.05, 3.63) is 11.6 Å². The molecule has 2 heterocycles. The quantitative estimate of drug-likeness (QED) is 0.716. The highest BCUT2D eigenvalue weighted by atomic mass is 32.2. The standard InChI is InChI=1S/C5H5N5S2/c1-10-8-4(7-9-10)12-5-6-2-3-11-5/h2-3H,1H3. The van der Waals surface area contributed by atoms with Crippen molar-refractivity contribution in [3.63, 3.8) is 0 Å². The lowest BCUT2D eigenvalue weighted by atomic mass is 11.0. The molecular weight excluding hydrogens is 194 g/mol. The maximum atomic E-state index is 4.09. The summed E-state index contributed by atoms with van der Waals surface area (Å²) in [6.07, 6.45) is 1.75. The van der Waals surface area contributed by atoms with E-state index in [1.807, 2.05) is 5.38 Å². The average Bonchev–Trinajstić information content (AvgIpc) is 2.63. The second-order valence-corrected chi connectivity index (χ2v) is 4.07. The topological polar surface area (TPSA) is 56.5 Å². The van der Waals surface area contributed by atoms with Crippen LogP contribution < -0.4 is 0 Å². The Balaban J connectivity index is 2.14. The summed E-state index contributed by atoms with van der Waals surface area (Å²) in [5, 5.41) is 14.1. The number of thiazole rings is 1.